The van der Waals surface area contributed by atoms with Crippen LogP contribution in [0.5, 0.6) is 17.2 Å². The van der Waals surface area contributed by atoms with Gasteiger partial charge in [-0.05, 0) is 35.9 Å². The zero-order chi connectivity index (χ0) is 19.9. The maximum Gasteiger partial charge on any atom is 0.258 e. The van der Waals surface area contributed by atoms with Crippen LogP contribution in [0.2, 0.25) is 0 Å². The average Bonchev–Trinajstić information content (AvgIpc) is 2.78. The number of rotatable bonds is 7. The first-order valence-electron chi connectivity index (χ1n) is 9.68. The normalized spacial score (nSPS) is 15.0. The summed E-state index contributed by atoms with van der Waals surface area (Å²) in [6, 6.07) is 25.0. The van der Waals surface area contributed by atoms with E-state index in [1.54, 1.807) is 12.1 Å². The van der Waals surface area contributed by atoms with Gasteiger partial charge in [0.05, 0.1) is 12.6 Å². The van der Waals surface area contributed by atoms with Crippen LogP contribution in [-0.2, 0) is 11.4 Å². The number of nitrogens with one attached hydrogen (secondary N) is 1. The number of ether oxygens (including phenoxy) is 3. The molecule has 0 bridgehead atoms. The van der Waals surface area contributed by atoms with E-state index in [9.17, 15) is 4.79 Å². The van der Waals surface area contributed by atoms with Crippen LogP contribution in [0.3, 0.4) is 0 Å². The van der Waals surface area contributed by atoms with Crippen molar-refractivity contribution in [3.05, 3.63) is 90.0 Å². The number of para-hydroxylation sites is 1. The van der Waals surface area contributed by atoms with E-state index in [0.717, 1.165) is 29.0 Å². The van der Waals surface area contributed by atoms with Crippen molar-refractivity contribution in [2.24, 2.45) is 0 Å². The molecular formula is C24H23NO4. The highest BCUT2D eigenvalue weighted by molar-refractivity contribution is 5.78. The number of hydrogen-bond acceptors (Lipinski definition) is 4. The first-order valence-corrected chi connectivity index (χ1v) is 9.68. The van der Waals surface area contributed by atoms with E-state index < -0.39 is 0 Å². The standard InChI is InChI=1S/C24H23NO4/c26-24(25-22-14-15-27-23-9-5-4-8-21(22)23)17-29-20-12-10-19(11-13-20)28-16-18-6-2-1-3-7-18/h1-13,22H,14-17H2,(H,25,26)/t22-/m1/s1. The van der Waals surface area contributed by atoms with Gasteiger partial charge in [0.15, 0.2) is 6.61 Å². The molecule has 0 saturated carbocycles. The van der Waals surface area contributed by atoms with Gasteiger partial charge >= 0.3 is 0 Å². The molecule has 3 aromatic carbocycles. The van der Waals surface area contributed by atoms with Gasteiger partial charge in [0.2, 0.25) is 0 Å². The molecule has 1 aliphatic rings. The average molecular weight is 389 g/mol. The zero-order valence-electron chi connectivity index (χ0n) is 16.0. The Morgan fingerprint density at radius 1 is 0.897 bits per heavy atom. The molecule has 0 unspecified atom stereocenters. The summed E-state index contributed by atoms with van der Waals surface area (Å²) in [6.07, 6.45) is 0.746. The second-order valence-corrected chi connectivity index (χ2v) is 6.83. The number of carbonyl (C=O) groups is 1. The molecule has 0 aliphatic carbocycles. The minimum Gasteiger partial charge on any atom is -0.493 e. The third-order valence-corrected chi connectivity index (χ3v) is 4.74. The first-order chi connectivity index (χ1) is 14.3. The quantitative estimate of drug-likeness (QED) is 0.655. The lowest BCUT2D eigenvalue weighted by Crippen LogP contribution is -2.35. The number of fused-ring (bicyclic) bond motifs is 1. The minimum absolute atomic E-state index is 0.0380. The molecule has 0 spiro atoms. The van der Waals surface area contributed by atoms with Crippen LogP contribution in [0.1, 0.15) is 23.6 Å². The topological polar surface area (TPSA) is 56.8 Å². The summed E-state index contributed by atoms with van der Waals surface area (Å²) in [7, 11) is 0. The Balaban J connectivity index is 1.25. The van der Waals surface area contributed by atoms with Crippen LogP contribution in [0, 0.1) is 0 Å². The van der Waals surface area contributed by atoms with E-state index >= 15 is 0 Å². The Morgan fingerprint density at radius 2 is 1.59 bits per heavy atom. The number of amides is 1. The van der Waals surface area contributed by atoms with Crippen LogP contribution in [0.4, 0.5) is 0 Å². The molecule has 1 atom stereocenters. The summed E-state index contributed by atoms with van der Waals surface area (Å²) in [6.45, 7) is 1.06. The molecule has 3 aromatic rings. The van der Waals surface area contributed by atoms with Gasteiger partial charge in [0.1, 0.15) is 23.9 Å². The Bertz CT molecular complexity index is 941. The minimum atomic E-state index is -0.156. The second kappa shape index (κ2) is 9.15. The third kappa shape index (κ3) is 5.08. The molecule has 0 saturated heterocycles. The number of carbonyl (C=O) groups excluding carboxylic acids is 1. The highest BCUT2D eigenvalue weighted by atomic mass is 16.5. The smallest absolute Gasteiger partial charge is 0.258 e. The molecule has 1 aliphatic heterocycles. The van der Waals surface area contributed by atoms with Gasteiger partial charge in [-0.3, -0.25) is 4.79 Å². The maximum atomic E-state index is 12.3. The Kier molecular flexibility index (Phi) is 5.95. The zero-order valence-corrected chi connectivity index (χ0v) is 16.0. The molecule has 1 heterocycles. The van der Waals surface area contributed by atoms with Crippen LogP contribution in [-0.4, -0.2) is 19.1 Å². The summed E-state index contributed by atoms with van der Waals surface area (Å²) in [5.41, 5.74) is 2.12. The largest absolute Gasteiger partial charge is 0.493 e. The van der Waals surface area contributed by atoms with E-state index in [-0.39, 0.29) is 18.6 Å². The van der Waals surface area contributed by atoms with Gasteiger partial charge in [-0.1, -0.05) is 48.5 Å². The van der Waals surface area contributed by atoms with E-state index in [1.165, 1.54) is 0 Å². The Hall–Kier alpha value is -3.47. The van der Waals surface area contributed by atoms with Crippen molar-refractivity contribution in [2.75, 3.05) is 13.2 Å². The van der Waals surface area contributed by atoms with Crippen molar-refractivity contribution in [2.45, 2.75) is 19.1 Å². The van der Waals surface area contributed by atoms with Crippen LogP contribution in [0.15, 0.2) is 78.9 Å². The summed E-state index contributed by atoms with van der Waals surface area (Å²) >= 11 is 0. The van der Waals surface area contributed by atoms with E-state index in [4.69, 9.17) is 14.2 Å². The van der Waals surface area contributed by atoms with Crippen molar-refractivity contribution in [1.29, 1.82) is 0 Å². The van der Waals surface area contributed by atoms with E-state index in [1.807, 2.05) is 66.7 Å². The van der Waals surface area contributed by atoms with E-state index in [0.29, 0.717) is 19.0 Å². The number of benzene rings is 3. The van der Waals surface area contributed by atoms with Crippen molar-refractivity contribution in [3.63, 3.8) is 0 Å². The molecule has 5 heteroatoms. The second-order valence-electron chi connectivity index (χ2n) is 6.83. The lowest BCUT2D eigenvalue weighted by molar-refractivity contribution is -0.124. The van der Waals surface area contributed by atoms with Crippen molar-refractivity contribution in [3.8, 4) is 17.2 Å². The Labute approximate surface area is 170 Å². The molecule has 29 heavy (non-hydrogen) atoms. The summed E-state index contributed by atoms with van der Waals surface area (Å²) in [5.74, 6) is 2.05. The lowest BCUT2D eigenvalue weighted by Gasteiger charge is -2.26. The molecule has 148 valence electrons. The highest BCUT2D eigenvalue weighted by Gasteiger charge is 2.22. The molecular weight excluding hydrogens is 366 g/mol. The molecule has 1 N–H and O–H groups in total. The van der Waals surface area contributed by atoms with Gasteiger partial charge < -0.3 is 19.5 Å². The lowest BCUT2D eigenvalue weighted by atomic mass is 10.0. The Morgan fingerprint density at radius 3 is 2.38 bits per heavy atom. The molecule has 0 fully saturated rings. The fraction of sp³-hybridized carbons (Fsp3) is 0.208. The fourth-order valence-corrected chi connectivity index (χ4v) is 3.25. The fourth-order valence-electron chi connectivity index (χ4n) is 3.25. The van der Waals surface area contributed by atoms with Crippen LogP contribution in [0.25, 0.3) is 0 Å². The van der Waals surface area contributed by atoms with Gasteiger partial charge in [-0.25, -0.2) is 0 Å². The summed E-state index contributed by atoms with van der Waals surface area (Å²) < 4.78 is 17.0. The van der Waals surface area contributed by atoms with E-state index in [2.05, 4.69) is 5.32 Å². The maximum absolute atomic E-state index is 12.3. The highest BCUT2D eigenvalue weighted by Crippen LogP contribution is 2.31. The first kappa shape index (κ1) is 18.9. The van der Waals surface area contributed by atoms with Gasteiger partial charge in [-0.2, -0.15) is 0 Å². The SMILES string of the molecule is O=C(COc1ccc(OCc2ccccc2)cc1)N[C@@H]1CCOc2ccccc21. The van der Waals surface area contributed by atoms with Gasteiger partial charge in [-0.15, -0.1) is 0 Å². The molecule has 5 nitrogen and oxygen atoms in total. The molecule has 1 amide bonds. The summed E-state index contributed by atoms with van der Waals surface area (Å²) in [4.78, 5) is 12.3. The number of hydrogen-bond donors (Lipinski definition) is 1. The predicted octanol–water partition coefficient (Wildman–Crippen LogP) is 4.28. The van der Waals surface area contributed by atoms with Crippen molar-refractivity contribution < 1.29 is 19.0 Å². The van der Waals surface area contributed by atoms with Crippen LogP contribution < -0.4 is 19.5 Å². The predicted molar refractivity (Wildman–Crippen MR) is 110 cm³/mol. The third-order valence-electron chi connectivity index (χ3n) is 4.74. The van der Waals surface area contributed by atoms with Crippen LogP contribution >= 0.6 is 0 Å². The van der Waals surface area contributed by atoms with Gasteiger partial charge in [0.25, 0.3) is 5.91 Å². The molecule has 4 rings (SSSR count). The monoisotopic (exact) mass is 389 g/mol. The molecule has 0 aromatic heterocycles. The van der Waals surface area contributed by atoms with Crippen molar-refractivity contribution >= 4 is 5.91 Å². The van der Waals surface area contributed by atoms with Crippen molar-refractivity contribution in [1.82, 2.24) is 5.32 Å². The summed E-state index contributed by atoms with van der Waals surface area (Å²) in [5, 5.41) is 3.03. The molecule has 0 radical (unpaired) electrons. The van der Waals surface area contributed by atoms with Gasteiger partial charge in [0, 0.05) is 12.0 Å².